The lowest BCUT2D eigenvalue weighted by Gasteiger charge is -2.32. The fourth-order valence-electron chi connectivity index (χ4n) is 2.65. The van der Waals surface area contributed by atoms with E-state index >= 15 is 0 Å². The minimum Gasteiger partial charge on any atom is -0.382 e. The Morgan fingerprint density at radius 3 is 2.50 bits per heavy atom. The smallest absolute Gasteiger partial charge is 0.0450 e. The van der Waals surface area contributed by atoms with Crippen LogP contribution in [0.15, 0.2) is 16.8 Å². The molecule has 0 spiro atoms. The molecule has 1 fully saturated rings. The lowest BCUT2D eigenvalue weighted by molar-refractivity contribution is 0.281. The molecule has 1 saturated carbocycles. The summed E-state index contributed by atoms with van der Waals surface area (Å²) < 4.78 is 0. The Balaban J connectivity index is 1.91. The summed E-state index contributed by atoms with van der Waals surface area (Å²) in [5.74, 6) is 1.77. The van der Waals surface area contributed by atoms with E-state index in [1.807, 2.05) is 0 Å². The molecular formula is C12H19NS. The number of nitrogens with one attached hydrogen (secondary N) is 1. The highest BCUT2D eigenvalue weighted by molar-refractivity contribution is 7.08. The third-order valence-corrected chi connectivity index (χ3v) is 3.75. The number of thiophene rings is 1. The van der Waals surface area contributed by atoms with Crippen LogP contribution in [0.1, 0.15) is 33.1 Å². The molecule has 0 bridgehead atoms. The van der Waals surface area contributed by atoms with Crippen molar-refractivity contribution in [1.29, 1.82) is 0 Å². The second-order valence-electron chi connectivity index (χ2n) is 4.77. The van der Waals surface area contributed by atoms with Crippen molar-refractivity contribution in [1.82, 2.24) is 0 Å². The van der Waals surface area contributed by atoms with Crippen molar-refractivity contribution in [3.8, 4) is 0 Å². The van der Waals surface area contributed by atoms with Gasteiger partial charge in [-0.25, -0.2) is 0 Å². The lowest BCUT2D eigenvalue weighted by atomic mass is 9.80. The largest absolute Gasteiger partial charge is 0.382 e. The summed E-state index contributed by atoms with van der Waals surface area (Å²) in [4.78, 5) is 0. The van der Waals surface area contributed by atoms with E-state index in [2.05, 4.69) is 36.0 Å². The maximum absolute atomic E-state index is 3.63. The number of hydrogen-bond acceptors (Lipinski definition) is 2. The van der Waals surface area contributed by atoms with Gasteiger partial charge in [-0.15, -0.1) is 0 Å². The van der Waals surface area contributed by atoms with Crippen LogP contribution in [-0.4, -0.2) is 6.04 Å². The fraction of sp³-hybridized carbons (Fsp3) is 0.667. The molecule has 0 radical (unpaired) electrons. The Labute approximate surface area is 90.5 Å². The summed E-state index contributed by atoms with van der Waals surface area (Å²) >= 11 is 1.77. The first-order valence-electron chi connectivity index (χ1n) is 5.52. The fourth-order valence-corrected chi connectivity index (χ4v) is 3.24. The quantitative estimate of drug-likeness (QED) is 0.776. The van der Waals surface area contributed by atoms with E-state index in [9.17, 15) is 0 Å². The van der Waals surface area contributed by atoms with E-state index < -0.39 is 0 Å². The molecule has 78 valence electrons. The van der Waals surface area contributed by atoms with Gasteiger partial charge in [0, 0.05) is 17.1 Å². The van der Waals surface area contributed by atoms with Gasteiger partial charge in [-0.05, 0) is 42.5 Å². The monoisotopic (exact) mass is 209 g/mol. The van der Waals surface area contributed by atoms with Crippen molar-refractivity contribution >= 4 is 17.0 Å². The van der Waals surface area contributed by atoms with Crippen LogP contribution in [-0.2, 0) is 0 Å². The van der Waals surface area contributed by atoms with E-state index in [1.165, 1.54) is 24.9 Å². The molecule has 2 atom stereocenters. The minimum absolute atomic E-state index is 0.698. The normalized spacial score (nSPS) is 32.9. The Bertz CT molecular complexity index is 258. The first-order chi connectivity index (χ1) is 6.74. The van der Waals surface area contributed by atoms with Crippen molar-refractivity contribution in [2.45, 2.75) is 39.2 Å². The molecule has 1 aromatic rings. The molecule has 1 heterocycles. The number of anilines is 1. The van der Waals surface area contributed by atoms with Crippen LogP contribution in [0.4, 0.5) is 5.69 Å². The Hall–Kier alpha value is -0.500. The predicted octanol–water partition coefficient (Wildman–Crippen LogP) is 3.98. The van der Waals surface area contributed by atoms with Gasteiger partial charge in [0.25, 0.3) is 0 Å². The van der Waals surface area contributed by atoms with Gasteiger partial charge in [0.05, 0.1) is 0 Å². The van der Waals surface area contributed by atoms with E-state index in [0.717, 1.165) is 11.8 Å². The molecule has 0 aliphatic heterocycles. The van der Waals surface area contributed by atoms with E-state index in [4.69, 9.17) is 0 Å². The van der Waals surface area contributed by atoms with Gasteiger partial charge < -0.3 is 5.32 Å². The minimum atomic E-state index is 0.698. The van der Waals surface area contributed by atoms with E-state index in [1.54, 1.807) is 11.3 Å². The van der Waals surface area contributed by atoms with Gasteiger partial charge in [0.15, 0.2) is 0 Å². The average Bonchev–Trinajstić information content (AvgIpc) is 2.54. The first kappa shape index (κ1) is 10.0. The van der Waals surface area contributed by atoms with Crippen molar-refractivity contribution in [2.24, 2.45) is 11.8 Å². The summed E-state index contributed by atoms with van der Waals surface area (Å²) in [6, 6.07) is 2.87. The highest BCUT2D eigenvalue weighted by Gasteiger charge is 2.23. The topological polar surface area (TPSA) is 12.0 Å². The van der Waals surface area contributed by atoms with Crippen LogP contribution in [0.25, 0.3) is 0 Å². The van der Waals surface area contributed by atoms with Crippen molar-refractivity contribution < 1.29 is 0 Å². The molecule has 2 rings (SSSR count). The maximum Gasteiger partial charge on any atom is 0.0450 e. The molecule has 0 aromatic carbocycles. The van der Waals surface area contributed by atoms with Crippen molar-refractivity contribution in [3.63, 3.8) is 0 Å². The summed E-state index contributed by atoms with van der Waals surface area (Å²) in [5.41, 5.74) is 1.31. The van der Waals surface area contributed by atoms with Crippen LogP contribution in [0.5, 0.6) is 0 Å². The van der Waals surface area contributed by atoms with Gasteiger partial charge in [-0.1, -0.05) is 13.8 Å². The molecule has 1 N–H and O–H groups in total. The van der Waals surface area contributed by atoms with E-state index in [-0.39, 0.29) is 0 Å². The molecule has 1 nitrogen and oxygen atoms in total. The molecule has 0 saturated heterocycles. The Kier molecular flexibility index (Phi) is 3.12. The van der Waals surface area contributed by atoms with Gasteiger partial charge >= 0.3 is 0 Å². The SMILES string of the molecule is CC1CC(C)CC(Nc2ccsc2)C1. The van der Waals surface area contributed by atoms with Gasteiger partial charge in [0.1, 0.15) is 0 Å². The number of rotatable bonds is 2. The lowest BCUT2D eigenvalue weighted by Crippen LogP contribution is -2.29. The molecule has 1 aliphatic rings. The molecule has 14 heavy (non-hydrogen) atoms. The molecule has 0 amide bonds. The first-order valence-corrected chi connectivity index (χ1v) is 6.47. The summed E-state index contributed by atoms with van der Waals surface area (Å²) in [5, 5.41) is 7.97. The van der Waals surface area contributed by atoms with Gasteiger partial charge in [0.2, 0.25) is 0 Å². The highest BCUT2D eigenvalue weighted by Crippen LogP contribution is 2.30. The van der Waals surface area contributed by atoms with Crippen LogP contribution in [0.2, 0.25) is 0 Å². The summed E-state index contributed by atoms with van der Waals surface area (Å²) in [7, 11) is 0. The average molecular weight is 209 g/mol. The third kappa shape index (κ3) is 2.50. The van der Waals surface area contributed by atoms with Crippen molar-refractivity contribution in [2.75, 3.05) is 5.32 Å². The number of hydrogen-bond donors (Lipinski definition) is 1. The zero-order valence-electron chi connectivity index (χ0n) is 8.99. The van der Waals surface area contributed by atoms with Crippen LogP contribution < -0.4 is 5.32 Å². The highest BCUT2D eigenvalue weighted by atomic mass is 32.1. The summed E-state index contributed by atoms with van der Waals surface area (Å²) in [6.07, 6.45) is 4.07. The molecule has 1 aromatic heterocycles. The van der Waals surface area contributed by atoms with Crippen LogP contribution in [0.3, 0.4) is 0 Å². The van der Waals surface area contributed by atoms with Gasteiger partial charge in [-0.3, -0.25) is 0 Å². The zero-order valence-corrected chi connectivity index (χ0v) is 9.81. The van der Waals surface area contributed by atoms with Gasteiger partial charge in [-0.2, -0.15) is 11.3 Å². The summed E-state index contributed by atoms with van der Waals surface area (Å²) in [6.45, 7) is 4.75. The maximum atomic E-state index is 3.63. The Morgan fingerprint density at radius 1 is 1.21 bits per heavy atom. The third-order valence-electron chi connectivity index (χ3n) is 3.07. The standard InChI is InChI=1S/C12H19NS/c1-9-5-10(2)7-12(6-9)13-11-3-4-14-8-11/h3-4,8-10,12-13H,5-7H2,1-2H3. The molecule has 1 aliphatic carbocycles. The Morgan fingerprint density at radius 2 is 1.93 bits per heavy atom. The van der Waals surface area contributed by atoms with Crippen LogP contribution in [0, 0.1) is 11.8 Å². The van der Waals surface area contributed by atoms with Crippen LogP contribution >= 0.6 is 11.3 Å². The molecule has 2 heteroatoms. The second kappa shape index (κ2) is 4.35. The zero-order chi connectivity index (χ0) is 9.97. The van der Waals surface area contributed by atoms with E-state index in [0.29, 0.717) is 6.04 Å². The second-order valence-corrected chi connectivity index (χ2v) is 5.55. The molecular weight excluding hydrogens is 190 g/mol. The van der Waals surface area contributed by atoms with Crippen molar-refractivity contribution in [3.05, 3.63) is 16.8 Å². The predicted molar refractivity (Wildman–Crippen MR) is 63.9 cm³/mol. The molecule has 2 unspecified atom stereocenters.